The summed E-state index contributed by atoms with van der Waals surface area (Å²) in [7, 11) is 2.30. The van der Waals surface area contributed by atoms with Crippen molar-refractivity contribution in [3.8, 4) is 0 Å². The summed E-state index contributed by atoms with van der Waals surface area (Å²) in [6, 6.07) is 3.68. The molecule has 0 N–H and O–H groups in total. The van der Waals surface area contributed by atoms with E-state index in [9.17, 15) is 0 Å². The molecule has 3 nitrogen and oxygen atoms in total. The molecular weight excluding hydrogens is 290 g/mol. The number of likely N-dealkylation sites (N-methyl/N-ethyl adjacent to an activating group) is 1. The number of aromatic nitrogens is 1. The second kappa shape index (κ2) is 5.17. The largest absolute Gasteiger partial charge is 0.369 e. The number of hydrogen-bond donors (Lipinski definition) is 0. The van der Waals surface area contributed by atoms with E-state index in [0.717, 1.165) is 23.6 Å². The molecule has 1 aromatic rings. The zero-order valence-electron chi connectivity index (χ0n) is 10.8. The number of rotatable bonds is 1. The molecule has 2 aliphatic rings. The number of pyridine rings is 1. The molecule has 0 aromatic carbocycles. The van der Waals surface area contributed by atoms with Crippen LogP contribution < -0.4 is 4.90 Å². The van der Waals surface area contributed by atoms with Gasteiger partial charge in [-0.3, -0.25) is 9.88 Å². The lowest BCUT2D eigenvalue weighted by Gasteiger charge is -2.37. The summed E-state index contributed by atoms with van der Waals surface area (Å²) in [5.41, 5.74) is 1.25. The van der Waals surface area contributed by atoms with Crippen molar-refractivity contribution in [3.05, 3.63) is 22.9 Å². The van der Waals surface area contributed by atoms with Crippen LogP contribution in [0.4, 0.5) is 5.69 Å². The molecular formula is C14H20BrN3. The van der Waals surface area contributed by atoms with Crippen molar-refractivity contribution in [1.29, 1.82) is 0 Å². The van der Waals surface area contributed by atoms with Crippen LogP contribution in [0, 0.1) is 0 Å². The Morgan fingerprint density at radius 3 is 2.89 bits per heavy atom. The molecule has 98 valence electrons. The van der Waals surface area contributed by atoms with Crippen LogP contribution in [0.25, 0.3) is 0 Å². The summed E-state index contributed by atoms with van der Waals surface area (Å²) < 4.78 is 1.07. The van der Waals surface area contributed by atoms with E-state index in [1.807, 2.05) is 12.4 Å². The second-order valence-corrected chi connectivity index (χ2v) is 6.42. The van der Waals surface area contributed by atoms with Crippen LogP contribution in [-0.4, -0.2) is 42.1 Å². The van der Waals surface area contributed by atoms with E-state index in [1.165, 1.54) is 31.4 Å². The monoisotopic (exact) mass is 309 g/mol. The van der Waals surface area contributed by atoms with Gasteiger partial charge in [-0.05, 0) is 48.3 Å². The summed E-state index contributed by atoms with van der Waals surface area (Å²) in [4.78, 5) is 9.40. The predicted octanol–water partition coefficient (Wildman–Crippen LogP) is 2.91. The van der Waals surface area contributed by atoms with E-state index in [-0.39, 0.29) is 0 Å². The fraction of sp³-hybridized carbons (Fsp3) is 0.643. The quantitative estimate of drug-likeness (QED) is 0.795. The van der Waals surface area contributed by atoms with Crippen molar-refractivity contribution >= 4 is 21.6 Å². The number of fused-ring (bicyclic) bond motifs is 2. The van der Waals surface area contributed by atoms with E-state index in [0.29, 0.717) is 6.04 Å². The molecule has 0 spiro atoms. The molecule has 2 fully saturated rings. The molecule has 2 bridgehead atoms. The molecule has 4 heteroatoms. The Morgan fingerprint density at radius 1 is 1.22 bits per heavy atom. The number of piperidine rings is 1. The average molecular weight is 310 g/mol. The van der Waals surface area contributed by atoms with Crippen molar-refractivity contribution in [2.75, 3.05) is 25.0 Å². The van der Waals surface area contributed by atoms with Gasteiger partial charge in [0.15, 0.2) is 0 Å². The van der Waals surface area contributed by atoms with Crippen LogP contribution in [0.15, 0.2) is 22.9 Å². The molecule has 18 heavy (non-hydrogen) atoms. The van der Waals surface area contributed by atoms with Gasteiger partial charge in [0.05, 0.1) is 11.9 Å². The molecule has 2 saturated heterocycles. The Labute approximate surface area is 117 Å². The van der Waals surface area contributed by atoms with Gasteiger partial charge in [-0.15, -0.1) is 0 Å². The Bertz CT molecular complexity index is 423. The SMILES string of the molecule is CN1C2CCCC1CN(c1cncc(Br)c1)CC2. The lowest BCUT2D eigenvalue weighted by Crippen LogP contribution is -2.45. The highest BCUT2D eigenvalue weighted by Crippen LogP contribution is 2.29. The number of anilines is 1. The minimum absolute atomic E-state index is 0.713. The van der Waals surface area contributed by atoms with Gasteiger partial charge in [0.1, 0.15) is 0 Å². The van der Waals surface area contributed by atoms with Crippen molar-refractivity contribution in [2.45, 2.75) is 37.8 Å². The highest BCUT2D eigenvalue weighted by molar-refractivity contribution is 9.10. The van der Waals surface area contributed by atoms with Gasteiger partial charge in [0, 0.05) is 35.8 Å². The average Bonchev–Trinajstić information content (AvgIpc) is 2.47. The van der Waals surface area contributed by atoms with Crippen LogP contribution in [0.2, 0.25) is 0 Å². The highest BCUT2D eigenvalue weighted by Gasteiger charge is 2.32. The van der Waals surface area contributed by atoms with Crippen molar-refractivity contribution < 1.29 is 0 Å². The van der Waals surface area contributed by atoms with Crippen LogP contribution in [0.1, 0.15) is 25.7 Å². The molecule has 1 aromatic heterocycles. The van der Waals surface area contributed by atoms with Crippen molar-refractivity contribution in [1.82, 2.24) is 9.88 Å². The predicted molar refractivity (Wildman–Crippen MR) is 78.0 cm³/mol. The lowest BCUT2D eigenvalue weighted by atomic mass is 9.96. The zero-order valence-corrected chi connectivity index (χ0v) is 12.4. The van der Waals surface area contributed by atoms with Crippen LogP contribution >= 0.6 is 15.9 Å². The number of nitrogens with zero attached hydrogens (tertiary/aromatic N) is 3. The molecule has 3 rings (SSSR count). The Hall–Kier alpha value is -0.610. The van der Waals surface area contributed by atoms with Gasteiger partial charge in [-0.25, -0.2) is 0 Å². The number of halogens is 1. The normalized spacial score (nSPS) is 29.1. The molecule has 0 amide bonds. The fourth-order valence-corrected chi connectivity index (χ4v) is 3.67. The van der Waals surface area contributed by atoms with Gasteiger partial charge in [-0.2, -0.15) is 0 Å². The van der Waals surface area contributed by atoms with Crippen molar-refractivity contribution in [3.63, 3.8) is 0 Å². The summed E-state index contributed by atoms with van der Waals surface area (Å²) in [5.74, 6) is 0. The molecule has 0 aliphatic carbocycles. The molecule has 3 heterocycles. The third-order valence-corrected chi connectivity index (χ3v) is 4.88. The van der Waals surface area contributed by atoms with E-state index in [1.54, 1.807) is 0 Å². The number of hydrogen-bond acceptors (Lipinski definition) is 3. The Kier molecular flexibility index (Phi) is 3.57. The Balaban J connectivity index is 1.82. The van der Waals surface area contributed by atoms with Crippen LogP contribution in [0.3, 0.4) is 0 Å². The zero-order chi connectivity index (χ0) is 12.5. The van der Waals surface area contributed by atoms with E-state index >= 15 is 0 Å². The van der Waals surface area contributed by atoms with Crippen LogP contribution in [-0.2, 0) is 0 Å². The van der Waals surface area contributed by atoms with Gasteiger partial charge in [0.25, 0.3) is 0 Å². The molecule has 2 atom stereocenters. The van der Waals surface area contributed by atoms with Crippen molar-refractivity contribution in [2.24, 2.45) is 0 Å². The van der Waals surface area contributed by atoms with E-state index in [2.05, 4.69) is 43.8 Å². The minimum atomic E-state index is 0.713. The van der Waals surface area contributed by atoms with E-state index < -0.39 is 0 Å². The third-order valence-electron chi connectivity index (χ3n) is 4.45. The molecule has 2 unspecified atom stereocenters. The summed E-state index contributed by atoms with van der Waals surface area (Å²) in [6.07, 6.45) is 9.22. The van der Waals surface area contributed by atoms with Crippen LogP contribution in [0.5, 0.6) is 0 Å². The molecule has 0 saturated carbocycles. The van der Waals surface area contributed by atoms with Gasteiger partial charge in [-0.1, -0.05) is 6.42 Å². The topological polar surface area (TPSA) is 19.4 Å². The summed E-state index contributed by atoms with van der Waals surface area (Å²) >= 11 is 3.52. The third kappa shape index (κ3) is 2.41. The lowest BCUT2D eigenvalue weighted by molar-refractivity contribution is 0.127. The minimum Gasteiger partial charge on any atom is -0.369 e. The smallest absolute Gasteiger partial charge is 0.0564 e. The van der Waals surface area contributed by atoms with E-state index in [4.69, 9.17) is 0 Å². The first-order valence-corrected chi connectivity index (χ1v) is 7.61. The van der Waals surface area contributed by atoms with Gasteiger partial charge in [0.2, 0.25) is 0 Å². The maximum absolute atomic E-state index is 4.29. The maximum Gasteiger partial charge on any atom is 0.0564 e. The van der Waals surface area contributed by atoms with Gasteiger partial charge < -0.3 is 4.90 Å². The Morgan fingerprint density at radius 2 is 2.06 bits per heavy atom. The molecule has 0 radical (unpaired) electrons. The van der Waals surface area contributed by atoms with Gasteiger partial charge >= 0.3 is 0 Å². The fourth-order valence-electron chi connectivity index (χ4n) is 3.32. The summed E-state index contributed by atoms with van der Waals surface area (Å²) in [6.45, 7) is 2.30. The molecule has 2 aliphatic heterocycles. The first-order valence-electron chi connectivity index (χ1n) is 6.81. The standard InChI is InChI=1S/C14H20BrN3/c1-17-12-3-2-4-13(17)10-18(6-5-12)14-7-11(15)8-16-9-14/h7-9,12-13H,2-6,10H2,1H3. The summed E-state index contributed by atoms with van der Waals surface area (Å²) in [5, 5.41) is 0. The first kappa shape index (κ1) is 12.4. The maximum atomic E-state index is 4.29. The second-order valence-electron chi connectivity index (χ2n) is 5.50. The highest BCUT2D eigenvalue weighted by atomic mass is 79.9. The first-order chi connectivity index (χ1) is 8.74.